The molecule has 234 valence electrons. The van der Waals surface area contributed by atoms with E-state index in [1.54, 1.807) is 0 Å². The zero-order chi connectivity index (χ0) is 33.3. The van der Waals surface area contributed by atoms with Crippen LogP contribution in [0.5, 0.6) is 0 Å². The molecule has 0 aliphatic rings. The van der Waals surface area contributed by atoms with Crippen LogP contribution in [0, 0.1) is 0 Å². The largest absolute Gasteiger partial charge is 0.208 e. The fourth-order valence-electron chi connectivity index (χ4n) is 6.92. The lowest BCUT2D eigenvalue weighted by molar-refractivity contribution is 1.08. The van der Waals surface area contributed by atoms with Crippen molar-refractivity contribution in [2.75, 3.05) is 0 Å². The van der Waals surface area contributed by atoms with Gasteiger partial charge < -0.3 is 0 Å². The van der Waals surface area contributed by atoms with Crippen LogP contribution in [0.15, 0.2) is 188 Å². The summed E-state index contributed by atoms with van der Waals surface area (Å²) in [6.07, 6.45) is 0. The molecule has 0 amide bonds. The molecule has 0 saturated heterocycles. The normalized spacial score (nSPS) is 11.2. The minimum atomic E-state index is 0.636. The van der Waals surface area contributed by atoms with Crippen molar-refractivity contribution < 1.29 is 0 Å². The van der Waals surface area contributed by atoms with E-state index in [2.05, 4.69) is 176 Å². The van der Waals surface area contributed by atoms with Crippen molar-refractivity contribution in [3.8, 4) is 67.5 Å². The summed E-state index contributed by atoms with van der Waals surface area (Å²) in [4.78, 5) is 15.6. The van der Waals surface area contributed by atoms with E-state index >= 15 is 0 Å². The number of fused-ring (bicyclic) bond motifs is 2. The minimum Gasteiger partial charge on any atom is -0.208 e. The average molecular weight is 638 g/mol. The van der Waals surface area contributed by atoms with Crippen molar-refractivity contribution in [2.45, 2.75) is 0 Å². The lowest BCUT2D eigenvalue weighted by Gasteiger charge is -2.17. The Morgan fingerprint density at radius 1 is 0.200 bits per heavy atom. The molecule has 1 aromatic heterocycles. The molecule has 0 atom stereocenters. The van der Waals surface area contributed by atoms with Gasteiger partial charge in [-0.15, -0.1) is 0 Å². The third-order valence-electron chi connectivity index (χ3n) is 9.35. The Labute approximate surface area is 291 Å². The van der Waals surface area contributed by atoms with Crippen molar-refractivity contribution in [3.63, 3.8) is 0 Å². The third-order valence-corrected chi connectivity index (χ3v) is 9.35. The van der Waals surface area contributed by atoms with E-state index < -0.39 is 0 Å². The molecule has 8 aromatic carbocycles. The van der Waals surface area contributed by atoms with Gasteiger partial charge in [0.15, 0.2) is 17.5 Å². The predicted molar refractivity (Wildman–Crippen MR) is 207 cm³/mol. The maximum atomic E-state index is 5.25. The highest BCUT2D eigenvalue weighted by molar-refractivity contribution is 6.20. The molecular formula is C47H31N3. The Morgan fingerprint density at radius 3 is 0.880 bits per heavy atom. The molecule has 0 saturated carbocycles. The molecule has 3 heteroatoms. The zero-order valence-corrected chi connectivity index (χ0v) is 27.2. The van der Waals surface area contributed by atoms with Crippen molar-refractivity contribution >= 4 is 21.5 Å². The van der Waals surface area contributed by atoms with E-state index in [1.165, 1.54) is 22.3 Å². The highest BCUT2D eigenvalue weighted by Crippen LogP contribution is 2.43. The SMILES string of the molecule is c1ccc(-c2ccc(-c3nc(-c4ccc(-c5ccccc5)cc4)nc(-c4c5ccccc5c(-c5ccccc5)c5ccccc45)n3)cc2)cc1. The molecule has 50 heavy (non-hydrogen) atoms. The van der Waals surface area contributed by atoms with Gasteiger partial charge in [0.1, 0.15) is 0 Å². The number of rotatable bonds is 6. The number of benzene rings is 8. The molecule has 0 N–H and O–H groups in total. The van der Waals surface area contributed by atoms with E-state index in [4.69, 9.17) is 15.0 Å². The van der Waals surface area contributed by atoms with E-state index in [0.29, 0.717) is 17.5 Å². The van der Waals surface area contributed by atoms with Gasteiger partial charge in [-0.1, -0.05) is 188 Å². The van der Waals surface area contributed by atoms with E-state index in [1.807, 2.05) is 12.1 Å². The second-order valence-electron chi connectivity index (χ2n) is 12.4. The maximum absolute atomic E-state index is 5.25. The van der Waals surface area contributed by atoms with Gasteiger partial charge in [0.25, 0.3) is 0 Å². The molecule has 0 aliphatic carbocycles. The van der Waals surface area contributed by atoms with Crippen molar-refractivity contribution in [2.24, 2.45) is 0 Å². The highest BCUT2D eigenvalue weighted by Gasteiger charge is 2.20. The summed E-state index contributed by atoms with van der Waals surface area (Å²) in [6, 6.07) is 65.7. The number of nitrogens with zero attached hydrogens (tertiary/aromatic N) is 3. The fraction of sp³-hybridized carbons (Fsp3) is 0. The first-order valence-corrected chi connectivity index (χ1v) is 16.9. The molecule has 9 rings (SSSR count). The molecule has 0 aliphatic heterocycles. The van der Waals surface area contributed by atoms with E-state index in [0.717, 1.165) is 49.4 Å². The summed E-state index contributed by atoms with van der Waals surface area (Å²) in [7, 11) is 0. The Hall–Kier alpha value is -6.71. The molecule has 0 bridgehead atoms. The van der Waals surface area contributed by atoms with Gasteiger partial charge in [0.2, 0.25) is 0 Å². The quantitative estimate of drug-likeness (QED) is 0.170. The topological polar surface area (TPSA) is 38.7 Å². The summed E-state index contributed by atoms with van der Waals surface area (Å²) >= 11 is 0. The molecule has 0 unspecified atom stereocenters. The monoisotopic (exact) mass is 637 g/mol. The molecule has 1 heterocycles. The van der Waals surface area contributed by atoms with Crippen molar-refractivity contribution in [1.82, 2.24) is 15.0 Å². The molecule has 9 aromatic rings. The highest BCUT2D eigenvalue weighted by atomic mass is 15.0. The molecule has 3 nitrogen and oxygen atoms in total. The van der Waals surface area contributed by atoms with Crippen LogP contribution in [-0.2, 0) is 0 Å². The molecule has 0 spiro atoms. The molecule has 0 fully saturated rings. The number of hydrogen-bond donors (Lipinski definition) is 0. The summed E-state index contributed by atoms with van der Waals surface area (Å²) < 4.78 is 0. The van der Waals surface area contributed by atoms with Gasteiger partial charge in [-0.3, -0.25) is 0 Å². The van der Waals surface area contributed by atoms with Gasteiger partial charge in [0, 0.05) is 16.7 Å². The van der Waals surface area contributed by atoms with Crippen LogP contribution in [-0.4, -0.2) is 15.0 Å². The van der Waals surface area contributed by atoms with Crippen LogP contribution in [0.1, 0.15) is 0 Å². The third kappa shape index (κ3) is 5.41. The van der Waals surface area contributed by atoms with Crippen molar-refractivity contribution in [1.29, 1.82) is 0 Å². The number of hydrogen-bond acceptors (Lipinski definition) is 3. The smallest absolute Gasteiger partial charge is 0.165 e. The first-order valence-electron chi connectivity index (χ1n) is 16.9. The van der Waals surface area contributed by atoms with Crippen LogP contribution in [0.25, 0.3) is 89.1 Å². The Kier molecular flexibility index (Phi) is 7.49. The summed E-state index contributed by atoms with van der Waals surface area (Å²) in [5.41, 5.74) is 9.90. The van der Waals surface area contributed by atoms with Gasteiger partial charge in [0.05, 0.1) is 0 Å². The summed E-state index contributed by atoms with van der Waals surface area (Å²) in [6.45, 7) is 0. The van der Waals surface area contributed by atoms with Crippen LogP contribution < -0.4 is 0 Å². The predicted octanol–water partition coefficient (Wildman–Crippen LogP) is 12.2. The van der Waals surface area contributed by atoms with Crippen LogP contribution >= 0.6 is 0 Å². The molecular weight excluding hydrogens is 607 g/mol. The molecule has 0 radical (unpaired) electrons. The Bertz CT molecular complexity index is 2440. The number of aromatic nitrogens is 3. The second kappa shape index (κ2) is 12.7. The summed E-state index contributed by atoms with van der Waals surface area (Å²) in [5.74, 6) is 1.92. The maximum Gasteiger partial charge on any atom is 0.165 e. The first kappa shape index (κ1) is 29.4. The van der Waals surface area contributed by atoms with Gasteiger partial charge in [-0.2, -0.15) is 0 Å². The van der Waals surface area contributed by atoms with Gasteiger partial charge in [-0.05, 0) is 54.9 Å². The Balaban J connectivity index is 1.27. The van der Waals surface area contributed by atoms with Crippen LogP contribution in [0.3, 0.4) is 0 Å². The van der Waals surface area contributed by atoms with Gasteiger partial charge >= 0.3 is 0 Å². The Morgan fingerprint density at radius 2 is 0.480 bits per heavy atom. The van der Waals surface area contributed by atoms with Crippen molar-refractivity contribution in [3.05, 3.63) is 188 Å². The standard InChI is InChI=1S/C47H31N3/c1-4-14-32(15-5-1)34-24-28-37(29-25-34)45-48-46(38-30-26-35(27-31-38)33-16-6-2-7-17-33)50-47(49-45)44-41-22-12-10-20-39(41)43(36-18-8-3-9-19-36)40-21-11-13-23-42(40)44/h1-31H. The van der Waals surface area contributed by atoms with E-state index in [-0.39, 0.29) is 0 Å². The zero-order valence-electron chi connectivity index (χ0n) is 27.2. The first-order chi connectivity index (χ1) is 24.8. The van der Waals surface area contributed by atoms with Crippen LogP contribution in [0.2, 0.25) is 0 Å². The lowest BCUT2D eigenvalue weighted by atomic mass is 9.88. The van der Waals surface area contributed by atoms with E-state index in [9.17, 15) is 0 Å². The van der Waals surface area contributed by atoms with Crippen LogP contribution in [0.4, 0.5) is 0 Å². The fourth-order valence-corrected chi connectivity index (χ4v) is 6.92. The average Bonchev–Trinajstić information content (AvgIpc) is 3.21. The minimum absolute atomic E-state index is 0.636. The lowest BCUT2D eigenvalue weighted by Crippen LogP contribution is -2.01. The van der Waals surface area contributed by atoms with Gasteiger partial charge in [-0.25, -0.2) is 15.0 Å². The second-order valence-corrected chi connectivity index (χ2v) is 12.4. The summed E-state index contributed by atoms with van der Waals surface area (Å²) in [5, 5.41) is 4.53.